The van der Waals surface area contributed by atoms with Crippen LogP contribution in [0.25, 0.3) is 39.5 Å². The average Bonchev–Trinajstić information content (AvgIpc) is 3.64. The molecule has 0 spiro atoms. The highest BCUT2D eigenvalue weighted by atomic mass is 16.5. The van der Waals surface area contributed by atoms with E-state index in [2.05, 4.69) is 50.8 Å². The SMILES string of the molecule is COC(=O)[C@H]1CC[C@@H](CN2CC(c3ccc(-n4c(-c5cccnc5N)nc5ccc(-c6ccccc6)nc54)cc3)C2)C1. The summed E-state index contributed by atoms with van der Waals surface area (Å²) >= 11 is 0. The van der Waals surface area contributed by atoms with Crippen LogP contribution in [0.5, 0.6) is 0 Å². The minimum absolute atomic E-state index is 0.0504. The first-order chi connectivity index (χ1) is 20.6. The highest BCUT2D eigenvalue weighted by molar-refractivity contribution is 5.84. The number of esters is 1. The second kappa shape index (κ2) is 11.0. The zero-order valence-electron chi connectivity index (χ0n) is 23.7. The van der Waals surface area contributed by atoms with Gasteiger partial charge in [0.1, 0.15) is 11.3 Å². The van der Waals surface area contributed by atoms with Crippen LogP contribution in [-0.4, -0.2) is 57.1 Å². The number of benzene rings is 2. The summed E-state index contributed by atoms with van der Waals surface area (Å²) in [6.07, 6.45) is 4.70. The molecule has 1 aliphatic heterocycles. The maximum Gasteiger partial charge on any atom is 0.308 e. The summed E-state index contributed by atoms with van der Waals surface area (Å²) in [6.45, 7) is 3.16. The van der Waals surface area contributed by atoms with E-state index in [0.29, 0.717) is 17.7 Å². The number of imidazole rings is 1. The van der Waals surface area contributed by atoms with Crippen molar-refractivity contribution in [3.63, 3.8) is 0 Å². The molecule has 8 nitrogen and oxygen atoms in total. The highest BCUT2D eigenvalue weighted by Gasteiger charge is 2.35. The van der Waals surface area contributed by atoms with Crippen molar-refractivity contribution in [1.82, 2.24) is 24.4 Å². The third-order valence-corrected chi connectivity index (χ3v) is 8.83. The monoisotopic (exact) mass is 558 g/mol. The molecule has 0 unspecified atom stereocenters. The van der Waals surface area contributed by atoms with E-state index in [4.69, 9.17) is 20.4 Å². The Bertz CT molecular complexity index is 1730. The molecule has 3 aromatic heterocycles. The Morgan fingerprint density at radius 3 is 2.52 bits per heavy atom. The molecule has 2 atom stereocenters. The van der Waals surface area contributed by atoms with Gasteiger partial charge in [-0.3, -0.25) is 9.36 Å². The Kier molecular flexibility index (Phi) is 6.91. The summed E-state index contributed by atoms with van der Waals surface area (Å²) in [5.74, 6) is 2.27. The maximum absolute atomic E-state index is 11.9. The third kappa shape index (κ3) is 4.92. The van der Waals surface area contributed by atoms with E-state index in [1.165, 1.54) is 12.7 Å². The number of nitrogens with zero attached hydrogens (tertiary/aromatic N) is 5. The molecule has 5 aromatic rings. The number of hydrogen-bond acceptors (Lipinski definition) is 7. The van der Waals surface area contributed by atoms with Crippen molar-refractivity contribution in [2.45, 2.75) is 25.2 Å². The first-order valence-corrected chi connectivity index (χ1v) is 14.6. The fourth-order valence-electron chi connectivity index (χ4n) is 6.57. The lowest BCUT2D eigenvalue weighted by Gasteiger charge is -2.41. The fourth-order valence-corrected chi connectivity index (χ4v) is 6.57. The van der Waals surface area contributed by atoms with E-state index in [9.17, 15) is 4.79 Å². The van der Waals surface area contributed by atoms with Crippen molar-refractivity contribution in [3.8, 4) is 28.3 Å². The third-order valence-electron chi connectivity index (χ3n) is 8.83. The second-order valence-corrected chi connectivity index (χ2v) is 11.5. The van der Waals surface area contributed by atoms with Gasteiger partial charge in [0.15, 0.2) is 11.5 Å². The number of hydrogen-bond donors (Lipinski definition) is 1. The number of nitrogens with two attached hydrogens (primary N) is 1. The van der Waals surface area contributed by atoms with Crippen LogP contribution >= 0.6 is 0 Å². The van der Waals surface area contributed by atoms with Crippen molar-refractivity contribution in [1.29, 1.82) is 0 Å². The summed E-state index contributed by atoms with van der Waals surface area (Å²) < 4.78 is 7.04. The van der Waals surface area contributed by atoms with E-state index < -0.39 is 0 Å². The van der Waals surface area contributed by atoms with Crippen LogP contribution < -0.4 is 5.73 Å². The summed E-state index contributed by atoms with van der Waals surface area (Å²) in [5.41, 5.74) is 12.9. The summed E-state index contributed by atoms with van der Waals surface area (Å²) in [4.78, 5) is 28.8. The van der Waals surface area contributed by atoms with Crippen molar-refractivity contribution in [2.75, 3.05) is 32.5 Å². The number of fused-ring (bicyclic) bond motifs is 1. The number of rotatable bonds is 7. The van der Waals surface area contributed by atoms with Crippen LogP contribution in [-0.2, 0) is 9.53 Å². The molecule has 2 aromatic carbocycles. The quantitative estimate of drug-likeness (QED) is 0.255. The molecule has 4 heterocycles. The number of ether oxygens (including phenoxy) is 1. The molecule has 1 saturated carbocycles. The van der Waals surface area contributed by atoms with Gasteiger partial charge in [-0.25, -0.2) is 15.0 Å². The predicted molar refractivity (Wildman–Crippen MR) is 164 cm³/mol. The largest absolute Gasteiger partial charge is 0.469 e. The van der Waals surface area contributed by atoms with Crippen LogP contribution in [0.3, 0.4) is 0 Å². The molecule has 2 aliphatic rings. The number of methoxy groups -OCH3 is 1. The normalized spacial score (nSPS) is 19.2. The molecule has 1 aliphatic carbocycles. The van der Waals surface area contributed by atoms with Gasteiger partial charge >= 0.3 is 5.97 Å². The minimum atomic E-state index is -0.0504. The van der Waals surface area contributed by atoms with Crippen LogP contribution in [0, 0.1) is 11.8 Å². The van der Waals surface area contributed by atoms with Gasteiger partial charge < -0.3 is 15.4 Å². The van der Waals surface area contributed by atoms with Crippen LogP contribution in [0.1, 0.15) is 30.7 Å². The lowest BCUT2D eigenvalue weighted by atomic mass is 9.90. The van der Waals surface area contributed by atoms with Gasteiger partial charge in [0, 0.05) is 43.0 Å². The van der Waals surface area contributed by atoms with Gasteiger partial charge in [0.25, 0.3) is 0 Å². The molecular formula is C34H34N6O2. The van der Waals surface area contributed by atoms with E-state index >= 15 is 0 Å². The Morgan fingerprint density at radius 2 is 1.76 bits per heavy atom. The minimum Gasteiger partial charge on any atom is -0.469 e. The Labute approximate surface area is 245 Å². The summed E-state index contributed by atoms with van der Waals surface area (Å²) in [7, 11) is 1.49. The van der Waals surface area contributed by atoms with E-state index in [1.54, 1.807) is 6.20 Å². The van der Waals surface area contributed by atoms with Crippen molar-refractivity contribution in [2.24, 2.45) is 11.8 Å². The average molecular weight is 559 g/mol. The van der Waals surface area contributed by atoms with Crippen LogP contribution in [0.2, 0.25) is 0 Å². The fraction of sp³-hybridized carbons (Fsp3) is 0.294. The number of nitrogen functional groups attached to an aromatic ring is 1. The van der Waals surface area contributed by atoms with Crippen molar-refractivity contribution >= 4 is 23.0 Å². The van der Waals surface area contributed by atoms with Crippen LogP contribution in [0.4, 0.5) is 5.82 Å². The number of pyridine rings is 2. The maximum atomic E-state index is 11.9. The summed E-state index contributed by atoms with van der Waals surface area (Å²) in [5, 5.41) is 0. The van der Waals surface area contributed by atoms with Crippen molar-refractivity contribution < 1.29 is 9.53 Å². The molecule has 212 valence electrons. The molecule has 2 N–H and O–H groups in total. The van der Waals surface area contributed by atoms with Gasteiger partial charge in [-0.05, 0) is 67.1 Å². The highest BCUT2D eigenvalue weighted by Crippen LogP contribution is 2.36. The van der Waals surface area contributed by atoms with E-state index in [1.807, 2.05) is 42.5 Å². The van der Waals surface area contributed by atoms with E-state index in [0.717, 1.165) is 78.4 Å². The zero-order valence-corrected chi connectivity index (χ0v) is 23.7. The Morgan fingerprint density at radius 1 is 0.952 bits per heavy atom. The molecule has 1 saturated heterocycles. The van der Waals surface area contributed by atoms with Crippen LogP contribution in [0.15, 0.2) is 85.1 Å². The number of aromatic nitrogens is 4. The molecular weight excluding hydrogens is 524 g/mol. The number of anilines is 1. The predicted octanol–water partition coefficient (Wildman–Crippen LogP) is 5.72. The Hall–Kier alpha value is -4.56. The first kappa shape index (κ1) is 26.3. The summed E-state index contributed by atoms with van der Waals surface area (Å²) in [6, 6.07) is 26.8. The number of likely N-dealkylation sites (tertiary alicyclic amines) is 1. The topological polar surface area (TPSA) is 99.2 Å². The molecule has 42 heavy (non-hydrogen) atoms. The Balaban J connectivity index is 1.15. The van der Waals surface area contributed by atoms with E-state index in [-0.39, 0.29) is 11.9 Å². The molecule has 7 rings (SSSR count). The zero-order chi connectivity index (χ0) is 28.6. The lowest BCUT2D eigenvalue weighted by molar-refractivity contribution is -0.145. The van der Waals surface area contributed by atoms with Gasteiger partial charge in [-0.2, -0.15) is 0 Å². The molecule has 0 amide bonds. The second-order valence-electron chi connectivity index (χ2n) is 11.5. The molecule has 8 heteroatoms. The van der Waals surface area contributed by atoms with Crippen molar-refractivity contribution in [3.05, 3.63) is 90.6 Å². The smallest absolute Gasteiger partial charge is 0.308 e. The molecule has 2 fully saturated rings. The molecule has 0 bridgehead atoms. The van der Waals surface area contributed by atoms with Gasteiger partial charge in [-0.15, -0.1) is 0 Å². The van der Waals surface area contributed by atoms with Gasteiger partial charge in [0.2, 0.25) is 0 Å². The number of carbonyl (C=O) groups excluding carboxylic acids is 1. The van der Waals surface area contributed by atoms with Gasteiger partial charge in [0.05, 0.1) is 24.3 Å². The standard InChI is InChI=1S/C34H34N6O2/c1-42-34(41)25-10-9-22(18-25)19-39-20-26(21-39)23-11-13-27(14-12-23)40-32(28-8-5-17-36-31(28)35)38-30-16-15-29(37-33(30)40)24-6-3-2-4-7-24/h2-8,11-17,22,25-26H,9-10,18-21H2,1H3,(H2,35,36)/t22-,25+/m1/s1. The number of carbonyl (C=O) groups is 1. The molecule has 0 radical (unpaired) electrons. The van der Waals surface area contributed by atoms with Gasteiger partial charge in [-0.1, -0.05) is 42.5 Å². The first-order valence-electron chi connectivity index (χ1n) is 14.6. The lowest BCUT2D eigenvalue weighted by Crippen LogP contribution is -2.46.